The van der Waals surface area contributed by atoms with Gasteiger partial charge in [0.2, 0.25) is 0 Å². The first kappa shape index (κ1) is 10.3. The van der Waals surface area contributed by atoms with E-state index >= 15 is 0 Å². The van der Waals surface area contributed by atoms with Crippen molar-refractivity contribution in [3.05, 3.63) is 60.7 Å². The SMILES string of the molecule is O=C(Cc1cccnc1)N[n+]1ccccc1. The molecule has 2 rings (SSSR count). The van der Waals surface area contributed by atoms with Gasteiger partial charge >= 0.3 is 0 Å². The molecule has 1 amide bonds. The van der Waals surface area contributed by atoms with Crippen LogP contribution in [0.25, 0.3) is 0 Å². The molecule has 2 aromatic heterocycles. The van der Waals surface area contributed by atoms with Crippen LogP contribution in [0.1, 0.15) is 5.56 Å². The van der Waals surface area contributed by atoms with Crippen LogP contribution in [0.5, 0.6) is 0 Å². The summed E-state index contributed by atoms with van der Waals surface area (Å²) in [7, 11) is 0. The fourth-order valence-corrected chi connectivity index (χ4v) is 1.34. The minimum Gasteiger partial charge on any atom is -0.269 e. The Morgan fingerprint density at radius 3 is 2.75 bits per heavy atom. The van der Waals surface area contributed by atoms with Crippen LogP contribution in [-0.4, -0.2) is 10.9 Å². The Bertz CT molecular complexity index is 413. The van der Waals surface area contributed by atoms with Gasteiger partial charge in [-0.25, -0.2) is 0 Å². The fourth-order valence-electron chi connectivity index (χ4n) is 1.34. The Balaban J connectivity index is 1.95. The van der Waals surface area contributed by atoms with Gasteiger partial charge in [-0.1, -0.05) is 16.8 Å². The Labute approximate surface area is 93.5 Å². The number of hydrogen-bond donors (Lipinski definition) is 1. The number of carbonyl (C=O) groups excluding carboxylic acids is 1. The molecule has 0 aliphatic heterocycles. The molecule has 0 atom stereocenters. The van der Waals surface area contributed by atoms with Gasteiger partial charge in [0.1, 0.15) is 0 Å². The van der Waals surface area contributed by atoms with E-state index < -0.39 is 0 Å². The van der Waals surface area contributed by atoms with Crippen molar-refractivity contribution in [2.75, 3.05) is 5.43 Å². The summed E-state index contributed by atoms with van der Waals surface area (Å²) >= 11 is 0. The molecule has 0 radical (unpaired) electrons. The zero-order valence-corrected chi connectivity index (χ0v) is 8.71. The minimum atomic E-state index is -0.0656. The molecule has 0 unspecified atom stereocenters. The predicted octanol–water partition coefficient (Wildman–Crippen LogP) is 0.682. The monoisotopic (exact) mass is 214 g/mol. The van der Waals surface area contributed by atoms with Crippen LogP contribution < -0.4 is 10.1 Å². The lowest BCUT2D eigenvalue weighted by Gasteiger charge is -1.99. The quantitative estimate of drug-likeness (QED) is 0.764. The second-order valence-electron chi connectivity index (χ2n) is 3.36. The van der Waals surface area contributed by atoms with Crippen molar-refractivity contribution in [2.45, 2.75) is 6.42 Å². The molecular formula is C12H12N3O+. The number of nitrogens with zero attached hydrogens (tertiary/aromatic N) is 2. The van der Waals surface area contributed by atoms with Crippen LogP contribution in [-0.2, 0) is 11.2 Å². The molecule has 80 valence electrons. The summed E-state index contributed by atoms with van der Waals surface area (Å²) in [5, 5.41) is 0. The molecule has 0 bridgehead atoms. The third kappa shape index (κ3) is 2.88. The third-order valence-corrected chi connectivity index (χ3v) is 2.06. The Morgan fingerprint density at radius 2 is 2.06 bits per heavy atom. The molecule has 4 heteroatoms. The molecule has 2 aromatic rings. The van der Waals surface area contributed by atoms with Gasteiger partial charge in [-0.3, -0.25) is 9.78 Å². The number of pyridine rings is 2. The molecule has 0 aromatic carbocycles. The molecule has 0 aliphatic rings. The summed E-state index contributed by atoms with van der Waals surface area (Å²) in [6.45, 7) is 0. The van der Waals surface area contributed by atoms with Crippen molar-refractivity contribution in [3.63, 3.8) is 0 Å². The molecule has 1 N–H and O–H groups in total. The number of amides is 1. The summed E-state index contributed by atoms with van der Waals surface area (Å²) < 4.78 is 1.62. The fraction of sp³-hybridized carbons (Fsp3) is 0.0833. The lowest BCUT2D eigenvalue weighted by molar-refractivity contribution is -0.642. The van der Waals surface area contributed by atoms with Gasteiger partial charge in [-0.15, -0.1) is 5.43 Å². The van der Waals surface area contributed by atoms with Crippen molar-refractivity contribution in [1.82, 2.24) is 4.98 Å². The molecular weight excluding hydrogens is 202 g/mol. The maximum atomic E-state index is 11.6. The smallest absolute Gasteiger partial charge is 0.269 e. The van der Waals surface area contributed by atoms with Gasteiger partial charge in [0, 0.05) is 24.5 Å². The number of carbonyl (C=O) groups is 1. The number of hydrogen-bond acceptors (Lipinski definition) is 2. The van der Waals surface area contributed by atoms with Crippen LogP contribution in [0, 0.1) is 0 Å². The molecule has 4 nitrogen and oxygen atoms in total. The van der Waals surface area contributed by atoms with Crippen LogP contribution >= 0.6 is 0 Å². The van der Waals surface area contributed by atoms with Gasteiger partial charge in [-0.05, 0) is 11.6 Å². The van der Waals surface area contributed by atoms with E-state index in [0.717, 1.165) is 5.56 Å². The van der Waals surface area contributed by atoms with Crippen LogP contribution in [0.3, 0.4) is 0 Å². The Kier molecular flexibility index (Phi) is 3.23. The highest BCUT2D eigenvalue weighted by molar-refractivity contribution is 5.84. The van der Waals surface area contributed by atoms with E-state index in [9.17, 15) is 4.79 Å². The zero-order chi connectivity index (χ0) is 11.2. The van der Waals surface area contributed by atoms with Crippen molar-refractivity contribution in [3.8, 4) is 0 Å². The Morgan fingerprint density at radius 1 is 1.25 bits per heavy atom. The third-order valence-electron chi connectivity index (χ3n) is 2.06. The summed E-state index contributed by atoms with van der Waals surface area (Å²) in [6, 6.07) is 9.29. The summed E-state index contributed by atoms with van der Waals surface area (Å²) in [5.41, 5.74) is 3.64. The van der Waals surface area contributed by atoms with Gasteiger partial charge in [0.15, 0.2) is 12.4 Å². The summed E-state index contributed by atoms with van der Waals surface area (Å²) in [6.07, 6.45) is 7.26. The van der Waals surface area contributed by atoms with Crippen molar-refractivity contribution in [2.24, 2.45) is 0 Å². The molecule has 0 spiro atoms. The second-order valence-corrected chi connectivity index (χ2v) is 3.36. The van der Waals surface area contributed by atoms with Crippen LogP contribution in [0.2, 0.25) is 0 Å². The normalized spacial score (nSPS) is 9.75. The Hall–Kier alpha value is -2.23. The van der Waals surface area contributed by atoms with E-state index in [0.29, 0.717) is 6.42 Å². The lowest BCUT2D eigenvalue weighted by Crippen LogP contribution is -2.48. The summed E-state index contributed by atoms with van der Waals surface area (Å²) in [5.74, 6) is -0.0656. The van der Waals surface area contributed by atoms with Crippen molar-refractivity contribution < 1.29 is 9.47 Å². The molecule has 0 saturated carbocycles. The topological polar surface area (TPSA) is 45.9 Å². The molecule has 16 heavy (non-hydrogen) atoms. The van der Waals surface area contributed by atoms with E-state index in [2.05, 4.69) is 10.4 Å². The van der Waals surface area contributed by atoms with E-state index in [-0.39, 0.29) is 5.91 Å². The first-order chi connectivity index (χ1) is 7.84. The first-order valence-corrected chi connectivity index (χ1v) is 4.99. The molecule has 2 heterocycles. The van der Waals surface area contributed by atoms with Crippen LogP contribution in [0.4, 0.5) is 0 Å². The second kappa shape index (κ2) is 5.02. The highest BCUT2D eigenvalue weighted by atomic mass is 16.2. The zero-order valence-electron chi connectivity index (χ0n) is 8.71. The highest BCUT2D eigenvalue weighted by Crippen LogP contribution is 1.96. The maximum Gasteiger partial charge on any atom is 0.279 e. The van der Waals surface area contributed by atoms with Crippen LogP contribution in [0.15, 0.2) is 55.1 Å². The van der Waals surface area contributed by atoms with E-state index in [1.165, 1.54) is 0 Å². The lowest BCUT2D eigenvalue weighted by atomic mass is 10.2. The van der Waals surface area contributed by atoms with Gasteiger partial charge < -0.3 is 0 Å². The predicted molar refractivity (Wildman–Crippen MR) is 58.9 cm³/mol. The summed E-state index contributed by atoms with van der Waals surface area (Å²) in [4.78, 5) is 15.6. The molecule has 0 fully saturated rings. The van der Waals surface area contributed by atoms with Crippen molar-refractivity contribution >= 4 is 5.91 Å². The maximum absolute atomic E-state index is 11.6. The van der Waals surface area contributed by atoms with Gasteiger partial charge in [-0.2, -0.15) is 0 Å². The number of rotatable bonds is 3. The standard InChI is InChI=1S/C12H11N3O/c16-12(9-11-5-4-6-13-10-11)14-15-7-2-1-3-8-15/h1-8,10H,9H2/p+1. The van der Waals surface area contributed by atoms with E-state index in [1.54, 1.807) is 29.5 Å². The largest absolute Gasteiger partial charge is 0.279 e. The molecule has 0 aliphatic carbocycles. The average Bonchev–Trinajstić information content (AvgIpc) is 2.31. The first-order valence-electron chi connectivity index (χ1n) is 4.99. The van der Waals surface area contributed by atoms with E-state index in [4.69, 9.17) is 0 Å². The highest BCUT2D eigenvalue weighted by Gasteiger charge is 2.07. The molecule has 0 saturated heterocycles. The van der Waals surface area contributed by atoms with Gasteiger partial charge in [0.25, 0.3) is 5.91 Å². The number of nitrogens with one attached hydrogen (secondary N) is 1. The van der Waals surface area contributed by atoms with E-state index in [1.807, 2.05) is 30.3 Å². The van der Waals surface area contributed by atoms with Crippen molar-refractivity contribution in [1.29, 1.82) is 0 Å². The average molecular weight is 214 g/mol. The minimum absolute atomic E-state index is 0.0656. The van der Waals surface area contributed by atoms with Gasteiger partial charge in [0.05, 0.1) is 6.42 Å². The number of aromatic nitrogens is 2.